The summed E-state index contributed by atoms with van der Waals surface area (Å²) in [6.07, 6.45) is -8.63. The van der Waals surface area contributed by atoms with Crippen LogP contribution in [0.3, 0.4) is 0 Å². The summed E-state index contributed by atoms with van der Waals surface area (Å²) in [6, 6.07) is 0. The lowest BCUT2D eigenvalue weighted by molar-refractivity contribution is -0.144. The lowest BCUT2D eigenvalue weighted by Gasteiger charge is -2.12. The zero-order chi connectivity index (χ0) is 14.1. The topological polar surface area (TPSA) is 39.2 Å². The highest BCUT2D eigenvalue weighted by Crippen LogP contribution is 2.35. The average molecular weight is 273 g/mol. The number of rotatable bonds is 2. The van der Waals surface area contributed by atoms with Crippen LogP contribution in [0.1, 0.15) is 28.0 Å². The molecule has 0 spiro atoms. The van der Waals surface area contributed by atoms with E-state index >= 15 is 0 Å². The SMILES string of the molecule is COC(=O)c1cnc(C(F)(F)F)c(F)c1C(F)F. The number of nitrogens with zero attached hydrogens (tertiary/aromatic N) is 1. The normalized spacial score (nSPS) is 11.8. The first-order valence-electron chi connectivity index (χ1n) is 4.32. The largest absolute Gasteiger partial charge is 0.465 e. The van der Waals surface area contributed by atoms with Gasteiger partial charge in [0.05, 0.1) is 18.2 Å². The predicted octanol–water partition coefficient (Wildman–Crippen LogP) is 2.96. The predicted molar refractivity (Wildman–Crippen MR) is 45.5 cm³/mol. The maximum Gasteiger partial charge on any atom is 0.436 e. The van der Waals surface area contributed by atoms with Crippen LogP contribution in [0, 0.1) is 5.82 Å². The van der Waals surface area contributed by atoms with Gasteiger partial charge in [-0.25, -0.2) is 22.9 Å². The first-order valence-corrected chi connectivity index (χ1v) is 4.32. The van der Waals surface area contributed by atoms with Crippen molar-refractivity contribution in [3.63, 3.8) is 0 Å². The summed E-state index contributed by atoms with van der Waals surface area (Å²) in [5.41, 5.74) is -4.83. The Labute approximate surface area is 96.4 Å². The van der Waals surface area contributed by atoms with Crippen LogP contribution in [-0.4, -0.2) is 18.1 Å². The van der Waals surface area contributed by atoms with Crippen molar-refractivity contribution in [2.45, 2.75) is 12.6 Å². The van der Waals surface area contributed by atoms with E-state index in [0.717, 1.165) is 7.11 Å². The second kappa shape index (κ2) is 4.83. The third-order valence-corrected chi connectivity index (χ3v) is 1.95. The fourth-order valence-electron chi connectivity index (χ4n) is 1.18. The van der Waals surface area contributed by atoms with E-state index in [9.17, 15) is 31.1 Å². The molecule has 0 atom stereocenters. The van der Waals surface area contributed by atoms with Crippen molar-refractivity contribution in [2.75, 3.05) is 7.11 Å². The fourth-order valence-corrected chi connectivity index (χ4v) is 1.18. The molecule has 0 N–H and O–H groups in total. The first-order chi connectivity index (χ1) is 8.20. The first kappa shape index (κ1) is 14.3. The van der Waals surface area contributed by atoms with Crippen LogP contribution in [0.15, 0.2) is 6.20 Å². The molecule has 1 aromatic heterocycles. The van der Waals surface area contributed by atoms with E-state index in [-0.39, 0.29) is 6.20 Å². The van der Waals surface area contributed by atoms with Crippen molar-refractivity contribution >= 4 is 5.97 Å². The van der Waals surface area contributed by atoms with Crippen LogP contribution >= 0.6 is 0 Å². The van der Waals surface area contributed by atoms with E-state index in [2.05, 4.69) is 9.72 Å². The summed E-state index contributed by atoms with van der Waals surface area (Å²) in [4.78, 5) is 13.6. The van der Waals surface area contributed by atoms with Gasteiger partial charge in [-0.3, -0.25) is 0 Å². The molecule has 9 heteroatoms. The van der Waals surface area contributed by atoms with E-state index < -0.39 is 41.2 Å². The molecule has 1 aromatic rings. The van der Waals surface area contributed by atoms with E-state index in [4.69, 9.17) is 0 Å². The maximum absolute atomic E-state index is 13.3. The summed E-state index contributed by atoms with van der Waals surface area (Å²) in [5, 5.41) is 0. The Kier molecular flexibility index (Phi) is 3.82. The summed E-state index contributed by atoms with van der Waals surface area (Å²) < 4.78 is 79.1. The number of carbonyl (C=O) groups is 1. The van der Waals surface area contributed by atoms with Crippen molar-refractivity contribution in [1.82, 2.24) is 4.98 Å². The fraction of sp³-hybridized carbons (Fsp3) is 0.333. The molecule has 0 saturated carbocycles. The number of alkyl halides is 5. The number of methoxy groups -OCH3 is 1. The standard InChI is InChI=1S/C9H5F6NO2/c1-18-8(17)3-2-16-6(9(13,14)15)5(10)4(3)7(11)12/h2,7H,1H3. The van der Waals surface area contributed by atoms with Crippen molar-refractivity contribution in [3.8, 4) is 0 Å². The number of hydrogen-bond acceptors (Lipinski definition) is 3. The second-order valence-corrected chi connectivity index (χ2v) is 3.04. The van der Waals surface area contributed by atoms with E-state index in [1.807, 2.05) is 0 Å². The molecule has 100 valence electrons. The van der Waals surface area contributed by atoms with Gasteiger partial charge in [-0.1, -0.05) is 0 Å². The second-order valence-electron chi connectivity index (χ2n) is 3.04. The highest BCUT2D eigenvalue weighted by Gasteiger charge is 2.40. The van der Waals surface area contributed by atoms with Crippen LogP contribution in [0.5, 0.6) is 0 Å². The van der Waals surface area contributed by atoms with Crippen molar-refractivity contribution in [3.05, 3.63) is 28.8 Å². The maximum atomic E-state index is 13.3. The highest BCUT2D eigenvalue weighted by atomic mass is 19.4. The number of hydrogen-bond donors (Lipinski definition) is 0. The molecule has 0 aliphatic carbocycles. The summed E-state index contributed by atoms with van der Waals surface area (Å²) >= 11 is 0. The van der Waals surface area contributed by atoms with Gasteiger partial charge in [0.2, 0.25) is 0 Å². The van der Waals surface area contributed by atoms with Gasteiger partial charge in [-0.2, -0.15) is 13.2 Å². The number of esters is 1. The Hall–Kier alpha value is -1.80. The molecule has 0 aromatic carbocycles. The zero-order valence-corrected chi connectivity index (χ0v) is 8.69. The van der Waals surface area contributed by atoms with E-state index in [1.165, 1.54) is 0 Å². The lowest BCUT2D eigenvalue weighted by atomic mass is 10.1. The zero-order valence-electron chi connectivity index (χ0n) is 8.69. The van der Waals surface area contributed by atoms with Gasteiger partial charge in [0, 0.05) is 6.20 Å². The van der Waals surface area contributed by atoms with Crippen LogP contribution in [0.25, 0.3) is 0 Å². The molecule has 0 radical (unpaired) electrons. The van der Waals surface area contributed by atoms with Gasteiger partial charge in [-0.05, 0) is 0 Å². The molecule has 0 amide bonds. The summed E-state index contributed by atoms with van der Waals surface area (Å²) in [7, 11) is 0.813. The molecule has 0 aliphatic heterocycles. The van der Waals surface area contributed by atoms with Gasteiger partial charge in [0.1, 0.15) is 0 Å². The Morgan fingerprint density at radius 2 is 1.94 bits per heavy atom. The Balaban J connectivity index is 3.53. The smallest absolute Gasteiger partial charge is 0.436 e. The summed E-state index contributed by atoms with van der Waals surface area (Å²) in [5.74, 6) is -3.68. The quantitative estimate of drug-likeness (QED) is 0.614. The molecule has 18 heavy (non-hydrogen) atoms. The molecule has 3 nitrogen and oxygen atoms in total. The van der Waals surface area contributed by atoms with Gasteiger partial charge in [-0.15, -0.1) is 0 Å². The van der Waals surface area contributed by atoms with Crippen LogP contribution in [-0.2, 0) is 10.9 Å². The minimum Gasteiger partial charge on any atom is -0.465 e. The van der Waals surface area contributed by atoms with Crippen LogP contribution in [0.4, 0.5) is 26.3 Å². The van der Waals surface area contributed by atoms with Crippen molar-refractivity contribution in [2.24, 2.45) is 0 Å². The Morgan fingerprint density at radius 1 is 1.39 bits per heavy atom. The Bertz CT molecular complexity index is 471. The van der Waals surface area contributed by atoms with Crippen molar-refractivity contribution < 1.29 is 35.9 Å². The van der Waals surface area contributed by atoms with Crippen LogP contribution in [0.2, 0.25) is 0 Å². The molecule has 0 unspecified atom stereocenters. The average Bonchev–Trinajstić information content (AvgIpc) is 2.25. The van der Waals surface area contributed by atoms with Gasteiger partial charge >= 0.3 is 12.1 Å². The molecule has 0 fully saturated rings. The van der Waals surface area contributed by atoms with Crippen LogP contribution < -0.4 is 0 Å². The number of aromatic nitrogens is 1. The lowest BCUT2D eigenvalue weighted by Crippen LogP contribution is -2.17. The molecule has 0 aliphatic rings. The van der Waals surface area contributed by atoms with Gasteiger partial charge in [0.25, 0.3) is 6.43 Å². The van der Waals surface area contributed by atoms with Crippen molar-refractivity contribution in [1.29, 1.82) is 0 Å². The molecule has 0 bridgehead atoms. The number of ether oxygens (including phenoxy) is 1. The molecule has 1 rings (SSSR count). The minimum absolute atomic E-state index is 0.208. The van der Waals surface area contributed by atoms with E-state index in [1.54, 1.807) is 0 Å². The molecular weight excluding hydrogens is 268 g/mol. The Morgan fingerprint density at radius 3 is 2.33 bits per heavy atom. The van der Waals surface area contributed by atoms with Gasteiger partial charge < -0.3 is 4.74 Å². The molecule has 1 heterocycles. The molecular formula is C9H5F6NO2. The summed E-state index contributed by atoms with van der Waals surface area (Å²) in [6.45, 7) is 0. The number of halogens is 6. The monoisotopic (exact) mass is 273 g/mol. The number of carbonyl (C=O) groups excluding carboxylic acids is 1. The third-order valence-electron chi connectivity index (χ3n) is 1.95. The number of pyridine rings is 1. The third kappa shape index (κ3) is 2.54. The molecule has 0 saturated heterocycles. The minimum atomic E-state index is -5.23. The van der Waals surface area contributed by atoms with E-state index in [0.29, 0.717) is 0 Å². The highest BCUT2D eigenvalue weighted by molar-refractivity contribution is 5.90. The van der Waals surface area contributed by atoms with Gasteiger partial charge in [0.15, 0.2) is 11.5 Å².